The minimum Gasteiger partial charge on any atom is -0.453 e. The number of benzene rings is 1. The van der Waals surface area contributed by atoms with E-state index in [0.717, 1.165) is 12.0 Å². The van der Waals surface area contributed by atoms with Gasteiger partial charge in [-0.25, -0.2) is 4.79 Å². The molecule has 1 aromatic carbocycles. The third kappa shape index (κ3) is 5.64. The molecule has 0 saturated carbocycles. The molecule has 0 aliphatic heterocycles. The number of hydrogen-bond acceptors (Lipinski definition) is 4. The van der Waals surface area contributed by atoms with Crippen LogP contribution in [-0.4, -0.2) is 25.2 Å². The number of ether oxygens (including phenoxy) is 1. The summed E-state index contributed by atoms with van der Waals surface area (Å²) in [7, 11) is 1.23. The van der Waals surface area contributed by atoms with Gasteiger partial charge in [0.25, 0.3) is 0 Å². The second-order valence-corrected chi connectivity index (χ2v) is 6.57. The minimum absolute atomic E-state index is 0.0226. The van der Waals surface area contributed by atoms with Gasteiger partial charge in [0.1, 0.15) is 0 Å². The number of alkyl carbamates (subject to hydrolysis) is 1. The lowest BCUT2D eigenvalue weighted by Crippen LogP contribution is -2.46. The first-order valence-corrected chi connectivity index (χ1v) is 8.54. The van der Waals surface area contributed by atoms with Gasteiger partial charge in [-0.05, 0) is 36.3 Å². The van der Waals surface area contributed by atoms with Crippen molar-refractivity contribution in [2.24, 2.45) is 5.92 Å². The average molecular weight is 334 g/mol. The Hall–Kier alpha value is -1.88. The fourth-order valence-corrected chi connectivity index (χ4v) is 2.55. The van der Waals surface area contributed by atoms with Crippen LogP contribution in [0.2, 0.25) is 0 Å². The van der Waals surface area contributed by atoms with E-state index in [1.165, 1.54) is 12.7 Å². The van der Waals surface area contributed by atoms with Crippen molar-refractivity contribution in [3.8, 4) is 0 Å². The van der Waals surface area contributed by atoms with Gasteiger partial charge in [-0.3, -0.25) is 15.4 Å². The first-order valence-electron chi connectivity index (χ1n) is 8.54. The molecule has 0 radical (unpaired) electrons. The summed E-state index contributed by atoms with van der Waals surface area (Å²) in [6.45, 7) is 10.3. The van der Waals surface area contributed by atoms with E-state index in [1.54, 1.807) is 6.92 Å². The van der Waals surface area contributed by atoms with E-state index in [4.69, 9.17) is 0 Å². The van der Waals surface area contributed by atoms with Crippen molar-refractivity contribution in [3.05, 3.63) is 35.4 Å². The molecule has 0 unspecified atom stereocenters. The molecular formula is C19H30N2O3. The van der Waals surface area contributed by atoms with E-state index in [0.29, 0.717) is 11.8 Å². The monoisotopic (exact) mass is 334 g/mol. The second-order valence-electron chi connectivity index (χ2n) is 6.57. The van der Waals surface area contributed by atoms with E-state index >= 15 is 0 Å². The van der Waals surface area contributed by atoms with Gasteiger partial charge in [0, 0.05) is 6.04 Å². The van der Waals surface area contributed by atoms with Crippen LogP contribution in [0, 0.1) is 5.92 Å². The molecular weight excluding hydrogens is 304 g/mol. The van der Waals surface area contributed by atoms with Crippen LogP contribution in [0.4, 0.5) is 4.79 Å². The summed E-state index contributed by atoms with van der Waals surface area (Å²) in [5.41, 5.74) is 2.45. The lowest BCUT2D eigenvalue weighted by Gasteiger charge is -2.26. The molecule has 0 spiro atoms. The van der Waals surface area contributed by atoms with E-state index in [2.05, 4.69) is 67.3 Å². The Bertz CT molecular complexity index is 540. The molecule has 134 valence electrons. The van der Waals surface area contributed by atoms with Gasteiger partial charge in [0.15, 0.2) is 0 Å². The number of nitrogens with one attached hydrogen (secondary N) is 2. The first kappa shape index (κ1) is 20.2. The Balaban J connectivity index is 2.83. The van der Waals surface area contributed by atoms with Crippen molar-refractivity contribution in [1.82, 2.24) is 10.6 Å². The van der Waals surface area contributed by atoms with Crippen LogP contribution >= 0.6 is 0 Å². The molecule has 0 bridgehead atoms. The third-order valence-electron chi connectivity index (χ3n) is 4.38. The van der Waals surface area contributed by atoms with Crippen molar-refractivity contribution in [3.63, 3.8) is 0 Å². The standard InChI is InChI=1S/C19H30N2O3/c1-7-13(4)15-8-10-16(11-9-15)17(12(2)3)20-14(5)18(22)21-19(23)24-6/h8-14,17,20H,7H2,1-6H3,(H,21,22,23)/t13-,14+,17+/m1/s1. The summed E-state index contributed by atoms with van der Waals surface area (Å²) >= 11 is 0. The number of hydrogen-bond donors (Lipinski definition) is 2. The summed E-state index contributed by atoms with van der Waals surface area (Å²) in [5, 5.41) is 5.50. The number of carbonyl (C=O) groups is 2. The molecule has 2 amide bonds. The molecule has 0 saturated heterocycles. The van der Waals surface area contributed by atoms with Crippen LogP contribution in [0.15, 0.2) is 24.3 Å². The summed E-state index contributed by atoms with van der Waals surface area (Å²) in [6, 6.07) is 8.05. The predicted molar refractivity (Wildman–Crippen MR) is 95.9 cm³/mol. The maximum absolute atomic E-state index is 12.0. The number of rotatable bonds is 7. The molecule has 2 N–H and O–H groups in total. The third-order valence-corrected chi connectivity index (χ3v) is 4.38. The lowest BCUT2D eigenvalue weighted by atomic mass is 9.91. The minimum atomic E-state index is -0.743. The largest absolute Gasteiger partial charge is 0.453 e. The topological polar surface area (TPSA) is 67.4 Å². The van der Waals surface area contributed by atoms with E-state index in [-0.39, 0.29) is 6.04 Å². The van der Waals surface area contributed by atoms with Crippen LogP contribution in [0.5, 0.6) is 0 Å². The predicted octanol–water partition coefficient (Wildman–Crippen LogP) is 3.76. The van der Waals surface area contributed by atoms with Crippen LogP contribution < -0.4 is 10.6 Å². The summed E-state index contributed by atoms with van der Waals surface area (Å²) in [4.78, 5) is 23.2. The van der Waals surface area contributed by atoms with Crippen LogP contribution in [0.25, 0.3) is 0 Å². The molecule has 5 heteroatoms. The highest BCUT2D eigenvalue weighted by molar-refractivity contribution is 5.94. The molecule has 24 heavy (non-hydrogen) atoms. The van der Waals surface area contributed by atoms with Crippen LogP contribution in [0.3, 0.4) is 0 Å². The maximum Gasteiger partial charge on any atom is 0.413 e. The molecule has 3 atom stereocenters. The Labute approximate surface area is 145 Å². The fraction of sp³-hybridized carbons (Fsp3) is 0.579. The number of imide groups is 1. The quantitative estimate of drug-likeness (QED) is 0.797. The van der Waals surface area contributed by atoms with Crippen molar-refractivity contribution in [2.45, 2.75) is 59.0 Å². The highest BCUT2D eigenvalue weighted by Gasteiger charge is 2.23. The Kier molecular flexibility index (Phi) is 7.92. The van der Waals surface area contributed by atoms with Crippen LogP contribution in [0.1, 0.15) is 64.1 Å². The molecule has 1 rings (SSSR count). The summed E-state index contributed by atoms with van der Waals surface area (Å²) < 4.78 is 4.46. The lowest BCUT2D eigenvalue weighted by molar-refractivity contribution is -0.122. The summed E-state index contributed by atoms with van der Waals surface area (Å²) in [5.74, 6) is 0.436. The second kappa shape index (κ2) is 9.42. The SMILES string of the molecule is CC[C@@H](C)c1ccc([C@@H](N[C@@H](C)C(=O)NC(=O)OC)C(C)C)cc1. The van der Waals surface area contributed by atoms with Gasteiger partial charge in [0.05, 0.1) is 13.2 Å². The van der Waals surface area contributed by atoms with Crippen molar-refractivity contribution in [1.29, 1.82) is 0 Å². The maximum atomic E-state index is 12.0. The molecule has 5 nitrogen and oxygen atoms in total. The molecule has 0 fully saturated rings. The van der Waals surface area contributed by atoms with Crippen molar-refractivity contribution in [2.75, 3.05) is 7.11 Å². The zero-order valence-electron chi connectivity index (χ0n) is 15.6. The van der Waals surface area contributed by atoms with E-state index in [1.807, 2.05) is 0 Å². The summed E-state index contributed by atoms with van der Waals surface area (Å²) in [6.07, 6.45) is 0.364. The Morgan fingerprint density at radius 1 is 1.04 bits per heavy atom. The van der Waals surface area contributed by atoms with Gasteiger partial charge in [0.2, 0.25) is 5.91 Å². The highest BCUT2D eigenvalue weighted by atomic mass is 16.5. The van der Waals surface area contributed by atoms with Gasteiger partial charge >= 0.3 is 6.09 Å². The number of amides is 2. The Morgan fingerprint density at radius 3 is 2.04 bits per heavy atom. The van der Waals surface area contributed by atoms with Gasteiger partial charge in [-0.15, -0.1) is 0 Å². The average Bonchev–Trinajstić information content (AvgIpc) is 2.58. The molecule has 0 aliphatic rings. The van der Waals surface area contributed by atoms with E-state index in [9.17, 15) is 9.59 Å². The number of methoxy groups -OCH3 is 1. The van der Waals surface area contributed by atoms with Crippen molar-refractivity contribution >= 4 is 12.0 Å². The van der Waals surface area contributed by atoms with Gasteiger partial charge in [-0.2, -0.15) is 0 Å². The van der Waals surface area contributed by atoms with Crippen LogP contribution in [-0.2, 0) is 9.53 Å². The van der Waals surface area contributed by atoms with Gasteiger partial charge < -0.3 is 4.74 Å². The molecule has 0 aromatic heterocycles. The fourth-order valence-electron chi connectivity index (χ4n) is 2.55. The Morgan fingerprint density at radius 2 is 1.58 bits per heavy atom. The molecule has 0 aliphatic carbocycles. The smallest absolute Gasteiger partial charge is 0.413 e. The molecule has 0 heterocycles. The normalized spacial score (nSPS) is 14.8. The highest BCUT2D eigenvalue weighted by Crippen LogP contribution is 2.25. The zero-order valence-corrected chi connectivity index (χ0v) is 15.6. The van der Waals surface area contributed by atoms with E-state index < -0.39 is 18.0 Å². The van der Waals surface area contributed by atoms with Crippen molar-refractivity contribution < 1.29 is 14.3 Å². The first-order chi connectivity index (χ1) is 11.3. The number of carbonyl (C=O) groups excluding carboxylic acids is 2. The van der Waals surface area contributed by atoms with Gasteiger partial charge in [-0.1, -0.05) is 52.0 Å². The molecule has 1 aromatic rings. The zero-order chi connectivity index (χ0) is 18.3.